The van der Waals surface area contributed by atoms with Crippen molar-refractivity contribution >= 4 is 38.9 Å². The van der Waals surface area contributed by atoms with Gasteiger partial charge in [-0.3, -0.25) is 0 Å². The number of aromatic nitrogens is 1. The summed E-state index contributed by atoms with van der Waals surface area (Å²) in [4.78, 5) is 17.8. The van der Waals surface area contributed by atoms with Crippen LogP contribution in [-0.4, -0.2) is 17.1 Å². The summed E-state index contributed by atoms with van der Waals surface area (Å²) in [6, 6.07) is 13.4. The Balaban J connectivity index is 1.88. The maximum Gasteiger partial charge on any atom is 0.349 e. The first-order chi connectivity index (χ1) is 10.2. The van der Waals surface area contributed by atoms with E-state index in [1.54, 1.807) is 24.3 Å². The molecule has 2 heterocycles. The van der Waals surface area contributed by atoms with Crippen LogP contribution in [0.3, 0.4) is 0 Å². The maximum absolute atomic E-state index is 11.9. The molecule has 3 rings (SSSR count). The molecule has 0 N–H and O–H groups in total. The molecule has 3 aromatic rings. The van der Waals surface area contributed by atoms with Crippen LogP contribution in [0.4, 0.5) is 0 Å². The molecule has 0 unspecified atom stereocenters. The largest absolute Gasteiger partial charge is 0.443 e. The maximum atomic E-state index is 11.9. The first-order valence-corrected chi connectivity index (χ1v) is 7.87. The Morgan fingerprint density at radius 2 is 2.10 bits per heavy atom. The van der Waals surface area contributed by atoms with Gasteiger partial charge >= 0.3 is 5.97 Å². The van der Waals surface area contributed by atoms with Gasteiger partial charge in [0.25, 0.3) is 0 Å². The van der Waals surface area contributed by atoms with Crippen molar-refractivity contribution in [2.24, 2.45) is 0 Å². The Hall–Kier alpha value is -2.23. The number of carbonyl (C=O) groups excluding carboxylic acids is 1. The highest BCUT2D eigenvalue weighted by molar-refractivity contribution is 7.26. The molecule has 21 heavy (non-hydrogen) atoms. The number of fused-ring (bicyclic) bond motifs is 1. The molecule has 0 spiro atoms. The molecule has 6 heteroatoms. The molecule has 1 atom stereocenters. The van der Waals surface area contributed by atoms with Gasteiger partial charge in [-0.15, -0.1) is 22.7 Å². The predicted octanol–water partition coefficient (Wildman–Crippen LogP) is 4.09. The highest BCUT2D eigenvalue weighted by Gasteiger charge is 2.16. The van der Waals surface area contributed by atoms with Crippen molar-refractivity contribution in [2.45, 2.75) is 13.0 Å². The van der Waals surface area contributed by atoms with Crippen LogP contribution in [-0.2, 0) is 4.74 Å². The summed E-state index contributed by atoms with van der Waals surface area (Å²) in [6.07, 6.45) is -0.745. The number of para-hydroxylation sites is 1. The van der Waals surface area contributed by atoms with Gasteiger partial charge in [-0.05, 0) is 31.2 Å². The third kappa shape index (κ3) is 2.79. The molecule has 0 aliphatic rings. The Morgan fingerprint density at radius 1 is 1.29 bits per heavy atom. The van der Waals surface area contributed by atoms with Crippen LogP contribution in [0.2, 0.25) is 0 Å². The molecule has 104 valence electrons. The number of hydrogen-bond acceptors (Lipinski definition) is 6. The van der Waals surface area contributed by atoms with E-state index in [1.165, 1.54) is 11.3 Å². The number of thiazole rings is 1. The van der Waals surface area contributed by atoms with Crippen LogP contribution >= 0.6 is 22.7 Å². The summed E-state index contributed by atoms with van der Waals surface area (Å²) in [5.74, 6) is -0.471. The standard InChI is InChI=1S/C15H10N2O2S2/c1-9(8-16)19-15(18)13-7-6-12(20-13)14-17-10-4-2-3-5-11(10)21-14/h2-7,9H,1H3/t9-/m0/s1. The number of nitriles is 1. The first-order valence-electron chi connectivity index (χ1n) is 6.24. The second-order valence-electron chi connectivity index (χ2n) is 4.33. The van der Waals surface area contributed by atoms with E-state index >= 15 is 0 Å². The van der Waals surface area contributed by atoms with Crippen LogP contribution in [0.5, 0.6) is 0 Å². The van der Waals surface area contributed by atoms with E-state index in [0.29, 0.717) is 4.88 Å². The predicted molar refractivity (Wildman–Crippen MR) is 83.4 cm³/mol. The van der Waals surface area contributed by atoms with Crippen molar-refractivity contribution in [2.75, 3.05) is 0 Å². The monoisotopic (exact) mass is 314 g/mol. The summed E-state index contributed by atoms with van der Waals surface area (Å²) in [6.45, 7) is 1.54. The number of benzene rings is 1. The molecule has 0 aliphatic carbocycles. The van der Waals surface area contributed by atoms with Crippen LogP contribution in [0.25, 0.3) is 20.1 Å². The quantitative estimate of drug-likeness (QED) is 0.683. The van der Waals surface area contributed by atoms with E-state index in [-0.39, 0.29) is 0 Å². The lowest BCUT2D eigenvalue weighted by molar-refractivity contribution is 0.0441. The van der Waals surface area contributed by atoms with Gasteiger partial charge in [0.05, 0.1) is 15.1 Å². The Kier molecular flexibility index (Phi) is 3.69. The van der Waals surface area contributed by atoms with Crippen LogP contribution in [0.1, 0.15) is 16.6 Å². The smallest absolute Gasteiger partial charge is 0.349 e. The minimum absolute atomic E-state index is 0.471. The highest BCUT2D eigenvalue weighted by atomic mass is 32.1. The second kappa shape index (κ2) is 5.64. The van der Waals surface area contributed by atoms with Crippen molar-refractivity contribution in [1.29, 1.82) is 5.26 Å². The van der Waals surface area contributed by atoms with Crippen molar-refractivity contribution in [3.05, 3.63) is 41.3 Å². The number of thiophene rings is 1. The van der Waals surface area contributed by atoms with E-state index in [2.05, 4.69) is 4.98 Å². The van der Waals surface area contributed by atoms with Crippen LogP contribution < -0.4 is 0 Å². The minimum atomic E-state index is -0.745. The van der Waals surface area contributed by atoms with Crippen molar-refractivity contribution in [1.82, 2.24) is 4.98 Å². The second-order valence-corrected chi connectivity index (χ2v) is 6.44. The third-order valence-corrected chi connectivity index (χ3v) is 5.05. The number of ether oxygens (including phenoxy) is 1. The Bertz CT molecular complexity index is 812. The van der Waals surface area contributed by atoms with E-state index < -0.39 is 12.1 Å². The van der Waals surface area contributed by atoms with Crippen molar-refractivity contribution in [3.63, 3.8) is 0 Å². The molecule has 0 aliphatic heterocycles. The average molecular weight is 314 g/mol. The lowest BCUT2D eigenvalue weighted by Gasteiger charge is -2.02. The number of rotatable bonds is 3. The molecule has 0 radical (unpaired) electrons. The summed E-state index contributed by atoms with van der Waals surface area (Å²) in [7, 11) is 0. The first kappa shape index (κ1) is 13.7. The molecular formula is C15H10N2O2S2. The number of hydrogen-bond donors (Lipinski definition) is 0. The Labute approximate surface area is 129 Å². The lowest BCUT2D eigenvalue weighted by atomic mass is 10.3. The fourth-order valence-electron chi connectivity index (χ4n) is 1.79. The van der Waals surface area contributed by atoms with Gasteiger partial charge in [0.15, 0.2) is 6.10 Å². The molecule has 2 aromatic heterocycles. The number of carbonyl (C=O) groups is 1. The van der Waals surface area contributed by atoms with E-state index in [9.17, 15) is 4.79 Å². The van der Waals surface area contributed by atoms with E-state index in [0.717, 1.165) is 20.1 Å². The van der Waals surface area contributed by atoms with Gasteiger partial charge in [-0.2, -0.15) is 5.26 Å². The molecular weight excluding hydrogens is 304 g/mol. The summed E-state index contributed by atoms with van der Waals surface area (Å²) in [5, 5.41) is 9.55. The van der Waals surface area contributed by atoms with Crippen molar-refractivity contribution in [3.8, 4) is 16.0 Å². The van der Waals surface area contributed by atoms with E-state index in [1.807, 2.05) is 36.4 Å². The van der Waals surface area contributed by atoms with Gasteiger partial charge in [0, 0.05) is 0 Å². The average Bonchev–Trinajstić information content (AvgIpc) is 3.13. The van der Waals surface area contributed by atoms with Crippen molar-refractivity contribution < 1.29 is 9.53 Å². The Morgan fingerprint density at radius 3 is 2.86 bits per heavy atom. The zero-order valence-electron chi connectivity index (χ0n) is 11.1. The zero-order valence-corrected chi connectivity index (χ0v) is 12.7. The van der Waals surface area contributed by atoms with E-state index in [4.69, 9.17) is 10.00 Å². The zero-order chi connectivity index (χ0) is 14.8. The fourth-order valence-corrected chi connectivity index (χ4v) is 3.69. The molecule has 0 fully saturated rings. The van der Waals surface area contributed by atoms with Crippen LogP contribution in [0, 0.1) is 11.3 Å². The fraction of sp³-hybridized carbons (Fsp3) is 0.133. The molecule has 0 bridgehead atoms. The minimum Gasteiger partial charge on any atom is -0.443 e. The van der Waals surface area contributed by atoms with Gasteiger partial charge in [0.1, 0.15) is 16.0 Å². The molecule has 0 amide bonds. The highest BCUT2D eigenvalue weighted by Crippen LogP contribution is 2.34. The SMILES string of the molecule is C[C@@H](C#N)OC(=O)c1ccc(-c2nc3ccccc3s2)s1. The molecule has 4 nitrogen and oxygen atoms in total. The van der Waals surface area contributed by atoms with Crippen LogP contribution in [0.15, 0.2) is 36.4 Å². The van der Waals surface area contributed by atoms with Gasteiger partial charge < -0.3 is 4.74 Å². The van der Waals surface area contributed by atoms with Gasteiger partial charge in [-0.25, -0.2) is 9.78 Å². The normalized spacial score (nSPS) is 12.0. The summed E-state index contributed by atoms with van der Waals surface area (Å²) >= 11 is 2.91. The molecule has 0 saturated carbocycles. The molecule has 0 saturated heterocycles. The van der Waals surface area contributed by atoms with Gasteiger partial charge in [0.2, 0.25) is 0 Å². The summed E-state index contributed by atoms with van der Waals surface area (Å²) < 4.78 is 6.10. The van der Waals surface area contributed by atoms with Gasteiger partial charge in [-0.1, -0.05) is 12.1 Å². The number of esters is 1. The topological polar surface area (TPSA) is 63.0 Å². The lowest BCUT2D eigenvalue weighted by Crippen LogP contribution is -2.11. The third-order valence-electron chi connectivity index (χ3n) is 2.78. The molecule has 1 aromatic carbocycles. The summed E-state index contributed by atoms with van der Waals surface area (Å²) in [5.41, 5.74) is 0.952. The number of nitrogens with zero attached hydrogens (tertiary/aromatic N) is 2.